The first-order valence-electron chi connectivity index (χ1n) is 5.57. The highest BCUT2D eigenvalue weighted by molar-refractivity contribution is 9.10. The topological polar surface area (TPSA) is 100 Å². The molecule has 7 heteroatoms. The van der Waals surface area contributed by atoms with Crippen LogP contribution in [0.1, 0.15) is 10.4 Å². The molecule has 0 saturated heterocycles. The Morgan fingerprint density at radius 1 is 1.25 bits per heavy atom. The molecule has 4 N–H and O–H groups in total. The van der Waals surface area contributed by atoms with E-state index in [1.54, 1.807) is 12.1 Å². The number of halogens is 1. The van der Waals surface area contributed by atoms with Gasteiger partial charge < -0.3 is 20.9 Å². The van der Waals surface area contributed by atoms with Crippen LogP contribution >= 0.6 is 15.9 Å². The number of amides is 1. The molecule has 0 unspecified atom stereocenters. The number of carbonyl (C=O) groups is 1. The van der Waals surface area contributed by atoms with E-state index in [0.717, 1.165) is 0 Å². The molecule has 20 heavy (non-hydrogen) atoms. The van der Waals surface area contributed by atoms with E-state index in [-0.39, 0.29) is 5.56 Å². The first-order chi connectivity index (χ1) is 9.49. The minimum Gasteiger partial charge on any atom is -0.497 e. The van der Waals surface area contributed by atoms with E-state index in [0.29, 0.717) is 27.5 Å². The molecule has 0 fully saturated rings. The predicted molar refractivity (Wildman–Crippen MR) is 77.9 cm³/mol. The number of benzene rings is 1. The second-order valence-corrected chi connectivity index (χ2v) is 4.77. The lowest BCUT2D eigenvalue weighted by atomic mass is 10.2. The van der Waals surface area contributed by atoms with Crippen LogP contribution in [0.4, 0.5) is 5.69 Å². The molecular weight excluding hydrogens is 326 g/mol. The first-order valence-corrected chi connectivity index (χ1v) is 6.36. The van der Waals surface area contributed by atoms with Crippen molar-refractivity contribution < 1.29 is 14.3 Å². The van der Waals surface area contributed by atoms with Gasteiger partial charge in [-0.15, -0.1) is 0 Å². The van der Waals surface area contributed by atoms with Crippen molar-refractivity contribution in [2.45, 2.75) is 0 Å². The summed E-state index contributed by atoms with van der Waals surface area (Å²) in [6.07, 6.45) is 1.47. The standard InChI is InChI=1S/C13H12BrN3O3/c1-19-9-2-7(12(16)18)3-10(5-9)20-13-11(14)4-8(15)6-17-13/h2-6H,15H2,1H3,(H2,16,18). The number of methoxy groups -OCH3 is 1. The Balaban J connectivity index is 2.37. The minimum atomic E-state index is -0.571. The van der Waals surface area contributed by atoms with Gasteiger partial charge in [-0.2, -0.15) is 0 Å². The lowest BCUT2D eigenvalue weighted by Crippen LogP contribution is -2.11. The zero-order valence-electron chi connectivity index (χ0n) is 10.6. The van der Waals surface area contributed by atoms with Crippen LogP contribution in [0.5, 0.6) is 17.4 Å². The average molecular weight is 338 g/mol. The molecule has 2 rings (SSSR count). The Labute approximate surface area is 123 Å². The van der Waals surface area contributed by atoms with Crippen LogP contribution in [0, 0.1) is 0 Å². The second-order valence-electron chi connectivity index (χ2n) is 3.92. The predicted octanol–water partition coefficient (Wildman–Crippen LogP) is 2.33. The zero-order chi connectivity index (χ0) is 14.7. The van der Waals surface area contributed by atoms with Crippen molar-refractivity contribution in [2.75, 3.05) is 12.8 Å². The monoisotopic (exact) mass is 337 g/mol. The second kappa shape index (κ2) is 5.79. The number of nitrogens with zero attached hydrogens (tertiary/aromatic N) is 1. The number of pyridine rings is 1. The van der Waals surface area contributed by atoms with Gasteiger partial charge >= 0.3 is 0 Å². The molecule has 1 aromatic carbocycles. The Morgan fingerprint density at radius 2 is 1.95 bits per heavy atom. The van der Waals surface area contributed by atoms with Crippen LogP contribution in [-0.2, 0) is 0 Å². The highest BCUT2D eigenvalue weighted by atomic mass is 79.9. The van der Waals surface area contributed by atoms with Gasteiger partial charge in [-0.25, -0.2) is 4.98 Å². The third kappa shape index (κ3) is 3.18. The van der Waals surface area contributed by atoms with Crippen molar-refractivity contribution in [2.24, 2.45) is 5.73 Å². The number of nitrogens with two attached hydrogens (primary N) is 2. The number of ether oxygens (including phenoxy) is 2. The van der Waals surface area contributed by atoms with Gasteiger partial charge in [0, 0.05) is 11.6 Å². The number of nitrogen functional groups attached to an aromatic ring is 1. The molecule has 0 aliphatic rings. The molecule has 0 spiro atoms. The fourth-order valence-corrected chi connectivity index (χ4v) is 1.97. The van der Waals surface area contributed by atoms with Crippen molar-refractivity contribution in [3.63, 3.8) is 0 Å². The van der Waals surface area contributed by atoms with E-state index in [1.807, 2.05) is 0 Å². The van der Waals surface area contributed by atoms with E-state index >= 15 is 0 Å². The number of aromatic nitrogens is 1. The number of carbonyl (C=O) groups excluding carboxylic acids is 1. The van der Waals surface area contributed by atoms with Crippen molar-refractivity contribution in [3.8, 4) is 17.4 Å². The number of rotatable bonds is 4. The Bertz CT molecular complexity index is 661. The highest BCUT2D eigenvalue weighted by Gasteiger charge is 2.10. The van der Waals surface area contributed by atoms with Gasteiger partial charge in [0.1, 0.15) is 11.5 Å². The summed E-state index contributed by atoms with van der Waals surface area (Å²) in [5.74, 6) is 0.597. The lowest BCUT2D eigenvalue weighted by Gasteiger charge is -2.10. The summed E-state index contributed by atoms with van der Waals surface area (Å²) < 4.78 is 11.3. The maximum Gasteiger partial charge on any atom is 0.248 e. The van der Waals surface area contributed by atoms with E-state index in [4.69, 9.17) is 20.9 Å². The van der Waals surface area contributed by atoms with Gasteiger partial charge in [0.15, 0.2) is 0 Å². The lowest BCUT2D eigenvalue weighted by molar-refractivity contribution is 0.0999. The molecule has 0 bridgehead atoms. The van der Waals surface area contributed by atoms with Gasteiger partial charge in [0.2, 0.25) is 11.8 Å². The maximum absolute atomic E-state index is 11.3. The van der Waals surface area contributed by atoms with E-state index in [9.17, 15) is 4.79 Å². The SMILES string of the molecule is COc1cc(Oc2ncc(N)cc2Br)cc(C(N)=O)c1. The fraction of sp³-hybridized carbons (Fsp3) is 0.0769. The molecule has 1 heterocycles. The molecule has 0 aliphatic carbocycles. The molecule has 2 aromatic rings. The summed E-state index contributed by atoms with van der Waals surface area (Å²) in [6, 6.07) is 6.32. The molecule has 0 radical (unpaired) electrons. The minimum absolute atomic E-state index is 0.283. The largest absolute Gasteiger partial charge is 0.497 e. The van der Waals surface area contributed by atoms with Crippen molar-refractivity contribution in [3.05, 3.63) is 40.5 Å². The zero-order valence-corrected chi connectivity index (χ0v) is 12.2. The molecule has 1 amide bonds. The Morgan fingerprint density at radius 3 is 2.55 bits per heavy atom. The summed E-state index contributed by atoms with van der Waals surface area (Å²) in [5, 5.41) is 0. The summed E-state index contributed by atoms with van der Waals surface area (Å²) in [5.41, 5.74) is 11.6. The highest BCUT2D eigenvalue weighted by Crippen LogP contribution is 2.31. The van der Waals surface area contributed by atoms with Gasteiger partial charge in [0.05, 0.1) is 23.5 Å². The molecular formula is C13H12BrN3O3. The van der Waals surface area contributed by atoms with Crippen LogP contribution in [0.15, 0.2) is 34.9 Å². The van der Waals surface area contributed by atoms with Crippen LogP contribution < -0.4 is 20.9 Å². The molecule has 0 atom stereocenters. The van der Waals surface area contributed by atoms with Crippen molar-refractivity contribution in [1.82, 2.24) is 4.98 Å². The third-order valence-corrected chi connectivity index (χ3v) is 3.01. The number of primary amides is 1. The molecule has 0 saturated carbocycles. The van der Waals surface area contributed by atoms with E-state index in [2.05, 4.69) is 20.9 Å². The summed E-state index contributed by atoms with van der Waals surface area (Å²) >= 11 is 3.30. The first kappa shape index (κ1) is 14.1. The molecule has 0 aliphatic heterocycles. The Kier molecular flexibility index (Phi) is 4.09. The number of hydrogen-bond donors (Lipinski definition) is 2. The summed E-state index contributed by atoms with van der Waals surface area (Å²) in [6.45, 7) is 0. The fourth-order valence-electron chi connectivity index (χ4n) is 1.52. The van der Waals surface area contributed by atoms with E-state index < -0.39 is 5.91 Å². The van der Waals surface area contributed by atoms with Gasteiger partial charge in [0.25, 0.3) is 0 Å². The smallest absolute Gasteiger partial charge is 0.248 e. The van der Waals surface area contributed by atoms with Gasteiger partial charge in [-0.3, -0.25) is 4.79 Å². The quantitative estimate of drug-likeness (QED) is 0.891. The molecule has 6 nitrogen and oxygen atoms in total. The molecule has 1 aromatic heterocycles. The third-order valence-electron chi connectivity index (χ3n) is 2.44. The molecule has 104 valence electrons. The number of anilines is 1. The van der Waals surface area contributed by atoms with Crippen LogP contribution in [0.2, 0.25) is 0 Å². The van der Waals surface area contributed by atoms with Gasteiger partial charge in [-0.1, -0.05) is 0 Å². The normalized spacial score (nSPS) is 10.1. The maximum atomic E-state index is 11.3. The van der Waals surface area contributed by atoms with Gasteiger partial charge in [-0.05, 0) is 34.1 Å². The Hall–Kier alpha value is -2.28. The summed E-state index contributed by atoms with van der Waals surface area (Å²) in [4.78, 5) is 15.3. The van der Waals surface area contributed by atoms with Crippen molar-refractivity contribution in [1.29, 1.82) is 0 Å². The van der Waals surface area contributed by atoms with Crippen LogP contribution in [0.25, 0.3) is 0 Å². The average Bonchev–Trinajstić information content (AvgIpc) is 2.41. The number of hydrogen-bond acceptors (Lipinski definition) is 5. The van der Waals surface area contributed by atoms with Crippen molar-refractivity contribution >= 4 is 27.5 Å². The summed E-state index contributed by atoms with van der Waals surface area (Å²) in [7, 11) is 1.49. The van der Waals surface area contributed by atoms with Crippen LogP contribution in [0.3, 0.4) is 0 Å². The van der Waals surface area contributed by atoms with Crippen LogP contribution in [-0.4, -0.2) is 18.0 Å². The van der Waals surface area contributed by atoms with E-state index in [1.165, 1.54) is 25.4 Å².